The van der Waals surface area contributed by atoms with Gasteiger partial charge in [0, 0.05) is 23.5 Å². The van der Waals surface area contributed by atoms with Crippen LogP contribution in [0, 0.1) is 5.92 Å². The first kappa shape index (κ1) is 13.1. The summed E-state index contributed by atoms with van der Waals surface area (Å²) in [4.78, 5) is 14.5. The van der Waals surface area contributed by atoms with E-state index in [1.807, 2.05) is 18.2 Å². The summed E-state index contributed by atoms with van der Waals surface area (Å²) < 4.78 is 1.10. The standard InChI is InChI=1S/C15H19BrN2O/c16-14-4-2-1-3-12(14)10-18(13-5-6-13)15(19)7-11-8-17-9-11/h1-4,11,13,17H,5-10H2. The molecule has 1 amide bonds. The Balaban J connectivity index is 1.67. The summed E-state index contributed by atoms with van der Waals surface area (Å²) in [6, 6.07) is 8.66. The molecule has 0 radical (unpaired) electrons. The molecule has 0 bridgehead atoms. The molecule has 0 spiro atoms. The summed E-state index contributed by atoms with van der Waals surface area (Å²) in [7, 11) is 0. The maximum Gasteiger partial charge on any atom is 0.223 e. The van der Waals surface area contributed by atoms with Gasteiger partial charge >= 0.3 is 0 Å². The monoisotopic (exact) mass is 322 g/mol. The number of hydrogen-bond acceptors (Lipinski definition) is 2. The highest BCUT2D eigenvalue weighted by Crippen LogP contribution is 2.31. The van der Waals surface area contributed by atoms with E-state index in [4.69, 9.17) is 0 Å². The lowest BCUT2D eigenvalue weighted by Gasteiger charge is -2.30. The van der Waals surface area contributed by atoms with Crippen molar-refractivity contribution in [2.24, 2.45) is 5.92 Å². The predicted octanol–water partition coefficient (Wildman–Crippen LogP) is 2.55. The quantitative estimate of drug-likeness (QED) is 0.903. The van der Waals surface area contributed by atoms with E-state index in [2.05, 4.69) is 32.2 Å². The van der Waals surface area contributed by atoms with Gasteiger partial charge in [0.1, 0.15) is 0 Å². The van der Waals surface area contributed by atoms with E-state index in [1.165, 1.54) is 18.4 Å². The van der Waals surface area contributed by atoms with Crippen LogP contribution < -0.4 is 5.32 Å². The Hall–Kier alpha value is -0.870. The molecule has 1 heterocycles. The normalized spacial score (nSPS) is 19.0. The number of hydrogen-bond donors (Lipinski definition) is 1. The molecule has 1 aliphatic heterocycles. The van der Waals surface area contributed by atoms with Gasteiger partial charge in [-0.15, -0.1) is 0 Å². The Morgan fingerprint density at radius 1 is 1.32 bits per heavy atom. The number of halogens is 1. The summed E-state index contributed by atoms with van der Waals surface area (Å²) >= 11 is 3.57. The van der Waals surface area contributed by atoms with Crippen molar-refractivity contribution in [2.75, 3.05) is 13.1 Å². The van der Waals surface area contributed by atoms with Gasteiger partial charge in [-0.05, 0) is 43.5 Å². The number of benzene rings is 1. The van der Waals surface area contributed by atoms with Crippen LogP contribution in [0.3, 0.4) is 0 Å². The molecule has 1 saturated heterocycles. The van der Waals surface area contributed by atoms with E-state index in [1.54, 1.807) is 0 Å². The maximum absolute atomic E-state index is 12.4. The van der Waals surface area contributed by atoms with Crippen molar-refractivity contribution in [1.29, 1.82) is 0 Å². The number of carbonyl (C=O) groups is 1. The molecular formula is C15H19BrN2O. The molecule has 0 atom stereocenters. The molecule has 3 nitrogen and oxygen atoms in total. The van der Waals surface area contributed by atoms with Crippen molar-refractivity contribution < 1.29 is 4.79 Å². The maximum atomic E-state index is 12.4. The van der Waals surface area contributed by atoms with Crippen LogP contribution in [0.4, 0.5) is 0 Å². The molecule has 1 aliphatic carbocycles. The van der Waals surface area contributed by atoms with Crippen LogP contribution in [-0.2, 0) is 11.3 Å². The summed E-state index contributed by atoms with van der Waals surface area (Å²) in [5.74, 6) is 0.873. The van der Waals surface area contributed by atoms with E-state index < -0.39 is 0 Å². The highest BCUT2D eigenvalue weighted by atomic mass is 79.9. The summed E-state index contributed by atoms with van der Waals surface area (Å²) in [6.07, 6.45) is 3.03. The molecule has 1 N–H and O–H groups in total. The fraction of sp³-hybridized carbons (Fsp3) is 0.533. The molecule has 0 aromatic heterocycles. The van der Waals surface area contributed by atoms with Crippen LogP contribution in [0.15, 0.2) is 28.7 Å². The lowest BCUT2D eigenvalue weighted by molar-refractivity contribution is -0.133. The molecule has 2 fully saturated rings. The largest absolute Gasteiger partial charge is 0.335 e. The predicted molar refractivity (Wildman–Crippen MR) is 78.7 cm³/mol. The zero-order valence-electron chi connectivity index (χ0n) is 10.9. The van der Waals surface area contributed by atoms with E-state index >= 15 is 0 Å². The van der Waals surface area contributed by atoms with Gasteiger partial charge in [0.15, 0.2) is 0 Å². The summed E-state index contributed by atoms with van der Waals surface area (Å²) in [6.45, 7) is 2.74. The Bertz CT molecular complexity index is 469. The van der Waals surface area contributed by atoms with Gasteiger partial charge in [-0.25, -0.2) is 0 Å². The SMILES string of the molecule is O=C(CC1CNC1)N(Cc1ccccc1Br)C1CC1. The van der Waals surface area contributed by atoms with Crippen LogP contribution in [-0.4, -0.2) is 29.9 Å². The highest BCUT2D eigenvalue weighted by molar-refractivity contribution is 9.10. The first-order valence-electron chi connectivity index (χ1n) is 6.97. The van der Waals surface area contributed by atoms with Crippen LogP contribution >= 0.6 is 15.9 Å². The van der Waals surface area contributed by atoms with Crippen LogP contribution in [0.5, 0.6) is 0 Å². The zero-order valence-corrected chi connectivity index (χ0v) is 12.5. The number of amides is 1. The second kappa shape index (κ2) is 5.63. The van der Waals surface area contributed by atoms with Crippen molar-refractivity contribution in [3.63, 3.8) is 0 Å². The minimum absolute atomic E-state index is 0.324. The van der Waals surface area contributed by atoms with Crippen molar-refractivity contribution in [2.45, 2.75) is 31.8 Å². The molecule has 4 heteroatoms. The minimum atomic E-state index is 0.324. The molecular weight excluding hydrogens is 304 g/mol. The van der Waals surface area contributed by atoms with Gasteiger partial charge in [-0.3, -0.25) is 4.79 Å². The van der Waals surface area contributed by atoms with Crippen LogP contribution in [0.2, 0.25) is 0 Å². The van der Waals surface area contributed by atoms with Gasteiger partial charge in [-0.2, -0.15) is 0 Å². The molecule has 3 rings (SSSR count). The molecule has 102 valence electrons. The van der Waals surface area contributed by atoms with Crippen molar-refractivity contribution in [3.05, 3.63) is 34.3 Å². The number of nitrogens with zero attached hydrogens (tertiary/aromatic N) is 1. The fourth-order valence-electron chi connectivity index (χ4n) is 2.47. The van der Waals surface area contributed by atoms with E-state index in [0.29, 0.717) is 24.3 Å². The first-order valence-corrected chi connectivity index (χ1v) is 7.77. The van der Waals surface area contributed by atoms with Crippen LogP contribution in [0.1, 0.15) is 24.8 Å². The third kappa shape index (κ3) is 3.18. The molecule has 1 aromatic carbocycles. The highest BCUT2D eigenvalue weighted by Gasteiger charge is 2.34. The second-order valence-electron chi connectivity index (χ2n) is 5.57. The minimum Gasteiger partial charge on any atom is -0.335 e. The molecule has 0 unspecified atom stereocenters. The Morgan fingerprint density at radius 2 is 2.05 bits per heavy atom. The van der Waals surface area contributed by atoms with Crippen molar-refractivity contribution in [3.8, 4) is 0 Å². The van der Waals surface area contributed by atoms with Crippen molar-refractivity contribution >= 4 is 21.8 Å². The second-order valence-corrected chi connectivity index (χ2v) is 6.43. The van der Waals surface area contributed by atoms with E-state index in [9.17, 15) is 4.79 Å². The van der Waals surface area contributed by atoms with Gasteiger partial charge in [0.2, 0.25) is 5.91 Å². The first-order chi connectivity index (χ1) is 9.24. The smallest absolute Gasteiger partial charge is 0.223 e. The van der Waals surface area contributed by atoms with E-state index in [-0.39, 0.29) is 0 Å². The van der Waals surface area contributed by atoms with Crippen LogP contribution in [0.25, 0.3) is 0 Å². The number of nitrogens with one attached hydrogen (secondary N) is 1. The molecule has 2 aliphatic rings. The topological polar surface area (TPSA) is 32.3 Å². The van der Waals surface area contributed by atoms with Crippen molar-refractivity contribution in [1.82, 2.24) is 10.2 Å². The Morgan fingerprint density at radius 3 is 2.63 bits per heavy atom. The Labute approximate surface area is 122 Å². The Kier molecular flexibility index (Phi) is 3.89. The summed E-state index contributed by atoms with van der Waals surface area (Å²) in [5.41, 5.74) is 1.20. The van der Waals surface area contributed by atoms with Gasteiger partial charge in [0.25, 0.3) is 0 Å². The molecule has 19 heavy (non-hydrogen) atoms. The summed E-state index contributed by atoms with van der Waals surface area (Å²) in [5, 5.41) is 3.23. The molecule has 1 aromatic rings. The lowest BCUT2D eigenvalue weighted by Crippen LogP contribution is -2.45. The zero-order chi connectivity index (χ0) is 13.2. The lowest BCUT2D eigenvalue weighted by atomic mass is 9.98. The fourth-order valence-corrected chi connectivity index (χ4v) is 2.88. The average Bonchev–Trinajstić information content (AvgIpc) is 3.17. The third-order valence-corrected chi connectivity index (χ3v) is 4.71. The van der Waals surface area contributed by atoms with E-state index in [0.717, 1.165) is 24.1 Å². The number of rotatable bonds is 5. The molecule has 1 saturated carbocycles. The van der Waals surface area contributed by atoms with Gasteiger partial charge in [0.05, 0.1) is 0 Å². The third-order valence-electron chi connectivity index (χ3n) is 3.94. The number of carbonyl (C=O) groups excluding carboxylic acids is 1. The average molecular weight is 323 g/mol. The van der Waals surface area contributed by atoms with Gasteiger partial charge < -0.3 is 10.2 Å². The van der Waals surface area contributed by atoms with Gasteiger partial charge in [-0.1, -0.05) is 34.1 Å².